The van der Waals surface area contributed by atoms with Gasteiger partial charge in [-0.2, -0.15) is 0 Å². The average Bonchev–Trinajstić information content (AvgIpc) is 2.59. The van der Waals surface area contributed by atoms with E-state index in [1.54, 1.807) is 23.9 Å². The number of phenols is 1. The van der Waals surface area contributed by atoms with Crippen molar-refractivity contribution in [2.75, 3.05) is 5.32 Å². The van der Waals surface area contributed by atoms with Crippen molar-refractivity contribution in [3.63, 3.8) is 0 Å². The highest BCUT2D eigenvalue weighted by molar-refractivity contribution is 8.00. The second-order valence-corrected chi connectivity index (χ2v) is 5.03. The van der Waals surface area contributed by atoms with E-state index in [9.17, 15) is 5.11 Å². The highest BCUT2D eigenvalue weighted by atomic mass is 35.5. The number of hydrogen-bond donors (Lipinski definition) is 2. The molecule has 0 bridgehead atoms. The molecule has 1 aliphatic rings. The summed E-state index contributed by atoms with van der Waals surface area (Å²) in [5, 5.41) is 13.0. The molecule has 0 amide bonds. The van der Waals surface area contributed by atoms with Gasteiger partial charge in [-0.05, 0) is 24.6 Å². The maximum atomic E-state index is 9.30. The van der Waals surface area contributed by atoms with Crippen molar-refractivity contribution >= 4 is 29.1 Å². The summed E-state index contributed by atoms with van der Waals surface area (Å²) in [7, 11) is 0. The Bertz CT molecular complexity index is 345. The van der Waals surface area contributed by atoms with Gasteiger partial charge in [0.05, 0.1) is 10.8 Å². The van der Waals surface area contributed by atoms with Gasteiger partial charge in [0, 0.05) is 10.6 Å². The largest absolute Gasteiger partial charge is 0.508 e. The van der Waals surface area contributed by atoms with Crippen molar-refractivity contribution in [3.05, 3.63) is 18.2 Å². The molecule has 2 rings (SSSR count). The molecular weight excluding hydrogens is 218 g/mol. The molecule has 76 valence electrons. The zero-order chi connectivity index (χ0) is 10.1. The van der Waals surface area contributed by atoms with Crippen LogP contribution in [0.2, 0.25) is 0 Å². The van der Waals surface area contributed by atoms with Gasteiger partial charge in [-0.15, -0.1) is 11.6 Å². The Kier molecular flexibility index (Phi) is 2.79. The highest BCUT2D eigenvalue weighted by Crippen LogP contribution is 2.42. The van der Waals surface area contributed by atoms with Crippen LogP contribution in [0.5, 0.6) is 5.75 Å². The summed E-state index contributed by atoms with van der Waals surface area (Å²) in [4.78, 5) is 1.08. The Hall–Kier alpha value is -0.540. The van der Waals surface area contributed by atoms with E-state index in [1.807, 2.05) is 6.07 Å². The summed E-state index contributed by atoms with van der Waals surface area (Å²) in [6, 6.07) is 5.34. The quantitative estimate of drug-likeness (QED) is 0.603. The first-order valence-electron chi connectivity index (χ1n) is 4.61. The van der Waals surface area contributed by atoms with E-state index >= 15 is 0 Å². The van der Waals surface area contributed by atoms with E-state index in [1.165, 1.54) is 0 Å². The molecule has 0 spiro atoms. The third kappa shape index (κ3) is 1.79. The highest BCUT2D eigenvalue weighted by Gasteiger charge is 2.26. The monoisotopic (exact) mass is 229 g/mol. The first-order chi connectivity index (χ1) is 6.70. The van der Waals surface area contributed by atoms with E-state index < -0.39 is 0 Å². The molecule has 0 fully saturated rings. The molecule has 0 saturated carbocycles. The molecule has 14 heavy (non-hydrogen) atoms. The number of anilines is 1. The number of halogens is 1. The molecule has 1 aromatic carbocycles. The summed E-state index contributed by atoms with van der Waals surface area (Å²) in [6.45, 7) is 2.07. The van der Waals surface area contributed by atoms with Crippen LogP contribution in [0, 0.1) is 0 Å². The van der Waals surface area contributed by atoms with Crippen LogP contribution in [-0.2, 0) is 0 Å². The number of thioether (sulfide) groups is 1. The topological polar surface area (TPSA) is 32.3 Å². The molecule has 2 nitrogen and oxygen atoms in total. The minimum atomic E-state index is 0.120. The Morgan fingerprint density at radius 3 is 3.14 bits per heavy atom. The fourth-order valence-corrected chi connectivity index (χ4v) is 2.89. The van der Waals surface area contributed by atoms with E-state index in [-0.39, 0.29) is 10.8 Å². The predicted octanol–water partition coefficient (Wildman–Crippen LogP) is 3.25. The van der Waals surface area contributed by atoms with Crippen LogP contribution in [0.3, 0.4) is 0 Å². The standard InChI is InChI=1S/C10H12ClNOS/c1-2-7(11)10-12-8-4-3-6(13)5-9(8)14-10/h3-5,7,10,12-13H,2H2,1H3. The maximum Gasteiger partial charge on any atom is 0.116 e. The SMILES string of the molecule is CCC(Cl)C1Nc2ccc(O)cc2S1. The van der Waals surface area contributed by atoms with Crippen LogP contribution in [0.15, 0.2) is 23.1 Å². The Morgan fingerprint density at radius 1 is 1.64 bits per heavy atom. The molecule has 1 heterocycles. The van der Waals surface area contributed by atoms with Crippen molar-refractivity contribution in [2.24, 2.45) is 0 Å². The van der Waals surface area contributed by atoms with Crippen LogP contribution < -0.4 is 5.32 Å². The smallest absolute Gasteiger partial charge is 0.116 e. The van der Waals surface area contributed by atoms with Crippen LogP contribution in [0.1, 0.15) is 13.3 Å². The van der Waals surface area contributed by atoms with Gasteiger partial charge in [-0.1, -0.05) is 18.7 Å². The zero-order valence-corrected chi connectivity index (χ0v) is 9.40. The van der Waals surface area contributed by atoms with Crippen LogP contribution in [-0.4, -0.2) is 15.9 Å². The van der Waals surface area contributed by atoms with E-state index in [0.29, 0.717) is 5.75 Å². The van der Waals surface area contributed by atoms with Crippen LogP contribution in [0.4, 0.5) is 5.69 Å². The number of aromatic hydroxyl groups is 1. The van der Waals surface area contributed by atoms with Gasteiger partial charge in [0.2, 0.25) is 0 Å². The lowest BCUT2D eigenvalue weighted by atomic mass is 10.3. The van der Waals surface area contributed by atoms with Gasteiger partial charge >= 0.3 is 0 Å². The predicted molar refractivity (Wildman–Crippen MR) is 61.3 cm³/mol. The van der Waals surface area contributed by atoms with Crippen LogP contribution in [0.25, 0.3) is 0 Å². The lowest BCUT2D eigenvalue weighted by Gasteiger charge is -2.14. The lowest BCUT2D eigenvalue weighted by Crippen LogP contribution is -2.21. The summed E-state index contributed by atoms with van der Waals surface area (Å²) in [5.41, 5.74) is 1.07. The molecule has 0 aliphatic carbocycles. The Morgan fingerprint density at radius 2 is 2.43 bits per heavy atom. The average molecular weight is 230 g/mol. The first kappa shape index (κ1) is 9.99. The molecule has 2 N–H and O–H groups in total. The number of alkyl halides is 1. The van der Waals surface area contributed by atoms with Crippen molar-refractivity contribution in [1.82, 2.24) is 0 Å². The number of fused-ring (bicyclic) bond motifs is 1. The molecule has 4 heteroatoms. The molecule has 2 atom stereocenters. The third-order valence-corrected chi connectivity index (χ3v) is 4.24. The van der Waals surface area contributed by atoms with Gasteiger partial charge in [0.25, 0.3) is 0 Å². The van der Waals surface area contributed by atoms with Gasteiger partial charge in [0.15, 0.2) is 0 Å². The fourth-order valence-electron chi connectivity index (χ4n) is 1.43. The summed E-state index contributed by atoms with van der Waals surface area (Å²) in [5.74, 6) is 0.307. The van der Waals surface area contributed by atoms with Gasteiger partial charge in [0.1, 0.15) is 5.75 Å². The van der Waals surface area contributed by atoms with Crippen molar-refractivity contribution in [3.8, 4) is 5.75 Å². The number of phenolic OH excluding ortho intramolecular Hbond substituents is 1. The normalized spacial score (nSPS) is 21.4. The minimum absolute atomic E-state index is 0.120. The molecule has 0 radical (unpaired) electrons. The van der Waals surface area contributed by atoms with Crippen LogP contribution >= 0.6 is 23.4 Å². The third-order valence-electron chi connectivity index (χ3n) is 2.24. The second-order valence-electron chi connectivity index (χ2n) is 3.29. The van der Waals surface area contributed by atoms with E-state index in [0.717, 1.165) is 17.0 Å². The molecular formula is C10H12ClNOS. The van der Waals surface area contributed by atoms with Crippen molar-refractivity contribution in [2.45, 2.75) is 29.0 Å². The van der Waals surface area contributed by atoms with Gasteiger partial charge in [-0.25, -0.2) is 0 Å². The zero-order valence-electron chi connectivity index (χ0n) is 7.83. The molecule has 1 aromatic rings. The van der Waals surface area contributed by atoms with Gasteiger partial charge in [-0.3, -0.25) is 0 Å². The minimum Gasteiger partial charge on any atom is -0.508 e. The molecule has 1 aliphatic heterocycles. The number of hydrogen-bond acceptors (Lipinski definition) is 3. The number of rotatable bonds is 2. The molecule has 2 unspecified atom stereocenters. The molecule has 0 saturated heterocycles. The van der Waals surface area contributed by atoms with Gasteiger partial charge < -0.3 is 10.4 Å². The van der Waals surface area contributed by atoms with E-state index in [2.05, 4.69) is 12.2 Å². The summed E-state index contributed by atoms with van der Waals surface area (Å²) in [6.07, 6.45) is 0.937. The summed E-state index contributed by atoms with van der Waals surface area (Å²) < 4.78 is 0. The van der Waals surface area contributed by atoms with E-state index in [4.69, 9.17) is 11.6 Å². The van der Waals surface area contributed by atoms with Crippen molar-refractivity contribution < 1.29 is 5.11 Å². The second kappa shape index (κ2) is 3.91. The molecule has 0 aromatic heterocycles. The number of nitrogens with one attached hydrogen (secondary N) is 1. The Labute approximate surface area is 92.7 Å². The summed E-state index contributed by atoms with van der Waals surface area (Å²) >= 11 is 7.84. The lowest BCUT2D eigenvalue weighted by molar-refractivity contribution is 0.474. The number of benzene rings is 1. The first-order valence-corrected chi connectivity index (χ1v) is 5.92. The Balaban J connectivity index is 2.17. The fraction of sp³-hybridized carbons (Fsp3) is 0.400. The maximum absolute atomic E-state index is 9.30. The van der Waals surface area contributed by atoms with Crippen molar-refractivity contribution in [1.29, 1.82) is 0 Å².